The number of aromatic hydroxyl groups is 2. The van der Waals surface area contributed by atoms with Crippen molar-refractivity contribution in [3.63, 3.8) is 0 Å². The topological polar surface area (TPSA) is 75.3 Å². The number of aromatic nitrogens is 2. The van der Waals surface area contributed by atoms with E-state index in [2.05, 4.69) is 4.98 Å². The van der Waals surface area contributed by atoms with Crippen LogP contribution in [0.3, 0.4) is 0 Å². The van der Waals surface area contributed by atoms with Gasteiger partial charge in [0.2, 0.25) is 0 Å². The first kappa shape index (κ1) is 16.4. The molecule has 5 nitrogen and oxygen atoms in total. The first-order valence-electron chi connectivity index (χ1n) is 8.08. The lowest BCUT2D eigenvalue weighted by Gasteiger charge is -2.07. The predicted octanol–water partition coefficient (Wildman–Crippen LogP) is 3.66. The first-order valence-corrected chi connectivity index (χ1v) is 8.89. The number of hydrogen-bond acceptors (Lipinski definition) is 5. The third-order valence-electron chi connectivity index (χ3n) is 4.25. The Morgan fingerprint density at radius 2 is 1.77 bits per heavy atom. The first-order chi connectivity index (χ1) is 12.5. The van der Waals surface area contributed by atoms with Crippen molar-refractivity contribution < 1.29 is 10.2 Å². The van der Waals surface area contributed by atoms with Crippen LogP contribution in [0.5, 0.6) is 11.5 Å². The molecule has 0 aliphatic rings. The number of benzene rings is 2. The molecule has 0 unspecified atom stereocenters. The van der Waals surface area contributed by atoms with Crippen molar-refractivity contribution >= 4 is 21.6 Å². The van der Waals surface area contributed by atoms with E-state index in [0.29, 0.717) is 22.5 Å². The summed E-state index contributed by atoms with van der Waals surface area (Å²) < 4.78 is 2.14. The fourth-order valence-corrected chi connectivity index (χ4v) is 3.98. The van der Waals surface area contributed by atoms with Crippen LogP contribution in [-0.4, -0.2) is 19.8 Å². The van der Waals surface area contributed by atoms with Crippen LogP contribution in [-0.2, 0) is 13.5 Å². The highest BCUT2D eigenvalue weighted by Gasteiger charge is 2.14. The average Bonchev–Trinajstić information content (AvgIpc) is 3.04. The molecule has 0 saturated heterocycles. The van der Waals surface area contributed by atoms with Gasteiger partial charge in [-0.15, -0.1) is 11.3 Å². The molecule has 0 aliphatic carbocycles. The van der Waals surface area contributed by atoms with E-state index in [1.165, 1.54) is 11.3 Å². The zero-order valence-corrected chi connectivity index (χ0v) is 14.8. The third kappa shape index (κ3) is 2.95. The van der Waals surface area contributed by atoms with E-state index in [-0.39, 0.29) is 17.1 Å². The summed E-state index contributed by atoms with van der Waals surface area (Å²) in [6.45, 7) is 0. The Balaban J connectivity index is 1.81. The molecule has 26 heavy (non-hydrogen) atoms. The lowest BCUT2D eigenvalue weighted by atomic mass is 10.1. The van der Waals surface area contributed by atoms with Gasteiger partial charge in [-0.3, -0.25) is 9.36 Å². The molecule has 4 rings (SSSR count). The Kier molecular flexibility index (Phi) is 3.97. The summed E-state index contributed by atoms with van der Waals surface area (Å²) >= 11 is 1.37. The maximum absolute atomic E-state index is 12.8. The molecule has 0 fully saturated rings. The molecular formula is C20H16N2O3S. The number of fused-ring (bicyclic) bond motifs is 1. The molecule has 0 saturated carbocycles. The highest BCUT2D eigenvalue weighted by molar-refractivity contribution is 7.22. The maximum atomic E-state index is 12.8. The smallest absolute Gasteiger partial charge is 0.271 e. The molecular weight excluding hydrogens is 348 g/mol. The Hall–Kier alpha value is -3.12. The van der Waals surface area contributed by atoms with Gasteiger partial charge in [-0.2, -0.15) is 0 Å². The van der Waals surface area contributed by atoms with Crippen molar-refractivity contribution in [1.29, 1.82) is 0 Å². The van der Waals surface area contributed by atoms with Gasteiger partial charge >= 0.3 is 0 Å². The van der Waals surface area contributed by atoms with E-state index in [1.54, 1.807) is 48.0 Å². The molecule has 0 aliphatic heterocycles. The van der Waals surface area contributed by atoms with Crippen LogP contribution >= 0.6 is 11.3 Å². The molecule has 6 heteroatoms. The standard InChI is InChI=1S/C20H16N2O3S/c1-22-18(9-12-4-2-6-14(23)8-12)21-16-11-17(26-19(16)20(22)25)13-5-3-7-15(24)10-13/h2-8,10-11,23-24H,9H2,1H3. The van der Waals surface area contributed by atoms with Crippen LogP contribution in [0.25, 0.3) is 20.7 Å². The Morgan fingerprint density at radius 3 is 2.50 bits per heavy atom. The van der Waals surface area contributed by atoms with Gasteiger partial charge < -0.3 is 10.2 Å². The quantitative estimate of drug-likeness (QED) is 0.582. The Labute approximate surface area is 153 Å². The van der Waals surface area contributed by atoms with Crippen molar-refractivity contribution in [3.05, 3.63) is 76.3 Å². The van der Waals surface area contributed by atoms with Crippen molar-refractivity contribution in [2.75, 3.05) is 0 Å². The zero-order valence-electron chi connectivity index (χ0n) is 14.0. The van der Waals surface area contributed by atoms with Gasteiger partial charge in [0.15, 0.2) is 0 Å². The number of nitrogens with zero attached hydrogens (tertiary/aromatic N) is 2. The van der Waals surface area contributed by atoms with E-state index in [9.17, 15) is 15.0 Å². The lowest BCUT2D eigenvalue weighted by molar-refractivity contribution is 0.474. The van der Waals surface area contributed by atoms with Gasteiger partial charge in [-0.05, 0) is 41.5 Å². The monoisotopic (exact) mass is 364 g/mol. The minimum absolute atomic E-state index is 0.0958. The normalized spacial score (nSPS) is 11.1. The van der Waals surface area contributed by atoms with Gasteiger partial charge in [0.1, 0.15) is 22.0 Å². The fourth-order valence-electron chi connectivity index (χ4n) is 2.91. The molecule has 2 N–H and O–H groups in total. The number of thiophene rings is 1. The van der Waals surface area contributed by atoms with Gasteiger partial charge in [-0.1, -0.05) is 24.3 Å². The van der Waals surface area contributed by atoms with Crippen LogP contribution in [0.15, 0.2) is 59.4 Å². The van der Waals surface area contributed by atoms with E-state index >= 15 is 0 Å². The van der Waals surface area contributed by atoms with Crippen molar-refractivity contribution in [2.24, 2.45) is 7.05 Å². The van der Waals surface area contributed by atoms with Gasteiger partial charge in [-0.25, -0.2) is 4.98 Å². The molecule has 130 valence electrons. The average molecular weight is 364 g/mol. The van der Waals surface area contributed by atoms with Crippen molar-refractivity contribution in [1.82, 2.24) is 9.55 Å². The van der Waals surface area contributed by atoms with Gasteiger partial charge in [0.05, 0.1) is 5.52 Å². The molecule has 0 bridgehead atoms. The molecule has 0 radical (unpaired) electrons. The zero-order chi connectivity index (χ0) is 18.3. The minimum atomic E-state index is -0.0958. The molecule has 0 atom stereocenters. The summed E-state index contributed by atoms with van der Waals surface area (Å²) in [6, 6.07) is 15.8. The van der Waals surface area contributed by atoms with E-state index in [1.807, 2.05) is 18.2 Å². The van der Waals surface area contributed by atoms with Gasteiger partial charge in [0.25, 0.3) is 5.56 Å². The fraction of sp³-hybridized carbons (Fsp3) is 0.100. The molecule has 2 heterocycles. The number of hydrogen-bond donors (Lipinski definition) is 2. The summed E-state index contributed by atoms with van der Waals surface area (Å²) in [5, 5.41) is 19.3. The highest BCUT2D eigenvalue weighted by atomic mass is 32.1. The van der Waals surface area contributed by atoms with E-state index in [4.69, 9.17) is 0 Å². The molecule has 2 aromatic carbocycles. The summed E-state index contributed by atoms with van der Waals surface area (Å²) in [5.41, 5.74) is 2.29. The van der Waals surface area contributed by atoms with Crippen LogP contribution in [0.4, 0.5) is 0 Å². The molecule has 4 aromatic rings. The molecule has 0 amide bonds. The van der Waals surface area contributed by atoms with Gasteiger partial charge in [0, 0.05) is 18.3 Å². The summed E-state index contributed by atoms with van der Waals surface area (Å²) in [7, 11) is 1.71. The molecule has 0 spiro atoms. The minimum Gasteiger partial charge on any atom is -0.508 e. The second-order valence-electron chi connectivity index (χ2n) is 6.11. The van der Waals surface area contributed by atoms with Crippen molar-refractivity contribution in [2.45, 2.75) is 6.42 Å². The Morgan fingerprint density at radius 1 is 1.04 bits per heavy atom. The molecule has 2 aromatic heterocycles. The van der Waals surface area contributed by atoms with Crippen LogP contribution in [0, 0.1) is 0 Å². The van der Waals surface area contributed by atoms with Crippen LogP contribution in [0.2, 0.25) is 0 Å². The van der Waals surface area contributed by atoms with Crippen molar-refractivity contribution in [3.8, 4) is 21.9 Å². The largest absolute Gasteiger partial charge is 0.508 e. The second kappa shape index (κ2) is 6.31. The van der Waals surface area contributed by atoms with E-state index < -0.39 is 0 Å². The second-order valence-corrected chi connectivity index (χ2v) is 7.17. The maximum Gasteiger partial charge on any atom is 0.271 e. The highest BCUT2D eigenvalue weighted by Crippen LogP contribution is 2.32. The van der Waals surface area contributed by atoms with E-state index in [0.717, 1.165) is 16.0 Å². The van der Waals surface area contributed by atoms with Crippen LogP contribution < -0.4 is 5.56 Å². The van der Waals surface area contributed by atoms with Crippen LogP contribution in [0.1, 0.15) is 11.4 Å². The summed E-state index contributed by atoms with van der Waals surface area (Å²) in [4.78, 5) is 18.3. The third-order valence-corrected chi connectivity index (χ3v) is 5.41. The predicted molar refractivity (Wildman–Crippen MR) is 103 cm³/mol. The number of phenolic OH excluding ortho intramolecular Hbond substituents is 2. The lowest BCUT2D eigenvalue weighted by Crippen LogP contribution is -2.21. The summed E-state index contributed by atoms with van der Waals surface area (Å²) in [6.07, 6.45) is 0.452. The Bertz CT molecular complexity index is 1180. The number of rotatable bonds is 3. The SMILES string of the molecule is Cn1c(Cc2cccc(O)c2)nc2cc(-c3cccc(O)c3)sc2c1=O. The summed E-state index contributed by atoms with van der Waals surface area (Å²) in [5.74, 6) is 1.01. The number of phenols is 2.